The molecule has 0 saturated carbocycles. The SMILES string of the molecule is Cc1ccc(NC(=O)Cn2c(N3CCc4ccccc4C3)nc(C)cc2=O)cc1. The van der Waals surface area contributed by atoms with Gasteiger partial charge in [0.05, 0.1) is 0 Å². The standard InChI is InChI=1S/C23H24N4O2/c1-16-7-9-20(10-8-16)25-21(28)15-27-22(29)13-17(2)24-23(27)26-12-11-18-5-3-4-6-19(18)14-26/h3-10,13H,11-12,14-15H2,1-2H3,(H,25,28). The van der Waals surface area contributed by atoms with Crippen molar-refractivity contribution in [2.45, 2.75) is 33.4 Å². The lowest BCUT2D eigenvalue weighted by atomic mass is 10.0. The first-order valence-corrected chi connectivity index (χ1v) is 9.76. The highest BCUT2D eigenvalue weighted by Crippen LogP contribution is 2.22. The van der Waals surface area contributed by atoms with Crippen molar-refractivity contribution in [1.82, 2.24) is 9.55 Å². The largest absolute Gasteiger partial charge is 0.337 e. The molecule has 2 aromatic carbocycles. The Labute approximate surface area is 169 Å². The Morgan fingerprint density at radius 3 is 2.55 bits per heavy atom. The number of aromatic nitrogens is 2. The zero-order valence-corrected chi connectivity index (χ0v) is 16.7. The van der Waals surface area contributed by atoms with E-state index in [0.717, 1.165) is 18.5 Å². The number of carbonyl (C=O) groups excluding carboxylic acids is 1. The zero-order chi connectivity index (χ0) is 20.4. The summed E-state index contributed by atoms with van der Waals surface area (Å²) in [7, 11) is 0. The van der Waals surface area contributed by atoms with Crippen molar-refractivity contribution in [2.75, 3.05) is 16.8 Å². The Balaban J connectivity index is 1.60. The van der Waals surface area contributed by atoms with Crippen LogP contribution >= 0.6 is 0 Å². The molecule has 0 atom stereocenters. The first-order valence-electron chi connectivity index (χ1n) is 9.76. The van der Waals surface area contributed by atoms with Gasteiger partial charge in [-0.2, -0.15) is 0 Å². The van der Waals surface area contributed by atoms with Crippen LogP contribution in [0.15, 0.2) is 59.4 Å². The van der Waals surface area contributed by atoms with E-state index >= 15 is 0 Å². The molecule has 1 N–H and O–H groups in total. The van der Waals surface area contributed by atoms with Gasteiger partial charge in [-0.15, -0.1) is 0 Å². The Hall–Kier alpha value is -3.41. The molecule has 0 unspecified atom stereocenters. The highest BCUT2D eigenvalue weighted by molar-refractivity contribution is 5.90. The summed E-state index contributed by atoms with van der Waals surface area (Å²) >= 11 is 0. The fraction of sp³-hybridized carbons (Fsp3) is 0.261. The van der Waals surface area contributed by atoms with E-state index < -0.39 is 0 Å². The minimum Gasteiger partial charge on any atom is -0.337 e. The molecule has 1 aromatic heterocycles. The van der Waals surface area contributed by atoms with Crippen LogP contribution in [0.4, 0.5) is 11.6 Å². The number of nitrogens with zero attached hydrogens (tertiary/aromatic N) is 3. The lowest BCUT2D eigenvalue weighted by Gasteiger charge is -2.31. The molecule has 0 aliphatic carbocycles. The maximum absolute atomic E-state index is 12.7. The van der Waals surface area contributed by atoms with Crippen LogP contribution in [0.25, 0.3) is 0 Å². The third kappa shape index (κ3) is 4.21. The van der Waals surface area contributed by atoms with Gasteiger partial charge >= 0.3 is 0 Å². The predicted octanol–water partition coefficient (Wildman–Crippen LogP) is 3.06. The highest BCUT2D eigenvalue weighted by atomic mass is 16.2. The number of rotatable bonds is 4. The summed E-state index contributed by atoms with van der Waals surface area (Å²) in [6.07, 6.45) is 0.884. The molecule has 0 spiro atoms. The lowest BCUT2D eigenvalue weighted by molar-refractivity contribution is -0.116. The van der Waals surface area contributed by atoms with Crippen LogP contribution in [0, 0.1) is 13.8 Å². The fourth-order valence-corrected chi connectivity index (χ4v) is 3.64. The van der Waals surface area contributed by atoms with Crippen LogP contribution in [0.3, 0.4) is 0 Å². The molecule has 6 nitrogen and oxygen atoms in total. The van der Waals surface area contributed by atoms with Crippen LogP contribution < -0.4 is 15.8 Å². The van der Waals surface area contributed by atoms with Gasteiger partial charge in [-0.25, -0.2) is 4.98 Å². The van der Waals surface area contributed by atoms with E-state index in [2.05, 4.69) is 27.3 Å². The van der Waals surface area contributed by atoms with Crippen molar-refractivity contribution in [1.29, 1.82) is 0 Å². The third-order valence-corrected chi connectivity index (χ3v) is 5.17. The average Bonchev–Trinajstić information content (AvgIpc) is 2.71. The molecule has 4 rings (SSSR count). The first-order chi connectivity index (χ1) is 14.0. The van der Waals surface area contributed by atoms with E-state index in [1.165, 1.54) is 21.8 Å². The van der Waals surface area contributed by atoms with Crippen LogP contribution in [0.1, 0.15) is 22.4 Å². The molecule has 6 heteroatoms. The maximum Gasteiger partial charge on any atom is 0.255 e. The normalized spacial score (nSPS) is 13.1. The van der Waals surface area contributed by atoms with Crippen molar-refractivity contribution < 1.29 is 4.79 Å². The van der Waals surface area contributed by atoms with Gasteiger partial charge in [-0.3, -0.25) is 14.2 Å². The second-order valence-corrected chi connectivity index (χ2v) is 7.48. The molecule has 1 amide bonds. The second kappa shape index (κ2) is 7.91. The van der Waals surface area contributed by atoms with Crippen molar-refractivity contribution in [3.63, 3.8) is 0 Å². The number of benzene rings is 2. The molecule has 29 heavy (non-hydrogen) atoms. The Bertz CT molecular complexity index is 1100. The van der Waals surface area contributed by atoms with Crippen molar-refractivity contribution in [3.05, 3.63) is 87.3 Å². The molecule has 0 radical (unpaired) electrons. The molecule has 0 fully saturated rings. The second-order valence-electron chi connectivity index (χ2n) is 7.48. The number of hydrogen-bond donors (Lipinski definition) is 1. The molecule has 1 aliphatic heterocycles. The minimum absolute atomic E-state index is 0.0759. The number of hydrogen-bond acceptors (Lipinski definition) is 4. The van der Waals surface area contributed by atoms with Gasteiger partial charge in [0.1, 0.15) is 6.54 Å². The van der Waals surface area contributed by atoms with Crippen molar-refractivity contribution >= 4 is 17.5 Å². The van der Waals surface area contributed by atoms with Gasteiger partial charge in [0.25, 0.3) is 5.56 Å². The van der Waals surface area contributed by atoms with E-state index in [1.807, 2.05) is 43.3 Å². The third-order valence-electron chi connectivity index (χ3n) is 5.17. The van der Waals surface area contributed by atoms with Crippen molar-refractivity contribution in [2.24, 2.45) is 0 Å². The number of aryl methyl sites for hydroxylation is 2. The molecule has 1 aliphatic rings. The van der Waals surface area contributed by atoms with Gasteiger partial charge in [-0.05, 0) is 43.5 Å². The average molecular weight is 388 g/mol. The van der Waals surface area contributed by atoms with Gasteiger partial charge in [0.15, 0.2) is 0 Å². The molecule has 3 aromatic rings. The molecule has 0 saturated heterocycles. The smallest absolute Gasteiger partial charge is 0.255 e. The summed E-state index contributed by atoms with van der Waals surface area (Å²) in [5.41, 5.74) is 4.81. The van der Waals surface area contributed by atoms with E-state index in [0.29, 0.717) is 23.9 Å². The number of carbonyl (C=O) groups is 1. The molecular formula is C23H24N4O2. The number of nitrogens with one attached hydrogen (secondary N) is 1. The van der Waals surface area contributed by atoms with E-state index in [9.17, 15) is 9.59 Å². The lowest BCUT2D eigenvalue weighted by Crippen LogP contribution is -2.38. The van der Waals surface area contributed by atoms with E-state index in [1.54, 1.807) is 6.92 Å². The van der Waals surface area contributed by atoms with Crippen LogP contribution in [-0.2, 0) is 24.3 Å². The minimum atomic E-state index is -0.250. The Kier molecular flexibility index (Phi) is 5.16. The molecule has 148 valence electrons. The van der Waals surface area contributed by atoms with Crippen LogP contribution in [0.2, 0.25) is 0 Å². The van der Waals surface area contributed by atoms with Gasteiger partial charge < -0.3 is 10.2 Å². The molecule has 2 heterocycles. The first kappa shape index (κ1) is 18.9. The monoisotopic (exact) mass is 388 g/mol. The molecule has 0 bridgehead atoms. The van der Waals surface area contributed by atoms with Gasteiger partial charge in [-0.1, -0.05) is 42.0 Å². The Morgan fingerprint density at radius 1 is 1.07 bits per heavy atom. The maximum atomic E-state index is 12.7. The zero-order valence-electron chi connectivity index (χ0n) is 16.7. The van der Waals surface area contributed by atoms with E-state index in [4.69, 9.17) is 0 Å². The van der Waals surface area contributed by atoms with Crippen molar-refractivity contribution in [3.8, 4) is 0 Å². The highest BCUT2D eigenvalue weighted by Gasteiger charge is 2.21. The summed E-state index contributed by atoms with van der Waals surface area (Å²) in [6.45, 7) is 5.15. The summed E-state index contributed by atoms with van der Waals surface area (Å²) in [6, 6.07) is 17.4. The number of anilines is 2. The van der Waals surface area contributed by atoms with Crippen LogP contribution in [0.5, 0.6) is 0 Å². The number of fused-ring (bicyclic) bond motifs is 1. The van der Waals surface area contributed by atoms with Gasteiger partial charge in [0, 0.05) is 30.5 Å². The summed E-state index contributed by atoms with van der Waals surface area (Å²) in [5, 5.41) is 2.86. The number of amides is 1. The quantitative estimate of drug-likeness (QED) is 0.746. The fourth-order valence-electron chi connectivity index (χ4n) is 3.64. The van der Waals surface area contributed by atoms with Crippen LogP contribution in [-0.4, -0.2) is 22.0 Å². The summed E-state index contributed by atoms with van der Waals surface area (Å²) in [5.74, 6) is 0.295. The summed E-state index contributed by atoms with van der Waals surface area (Å²) in [4.78, 5) is 32.0. The molecular weight excluding hydrogens is 364 g/mol. The van der Waals surface area contributed by atoms with Gasteiger partial charge in [0.2, 0.25) is 11.9 Å². The predicted molar refractivity (Wildman–Crippen MR) is 114 cm³/mol. The summed E-state index contributed by atoms with van der Waals surface area (Å²) < 4.78 is 1.46. The topological polar surface area (TPSA) is 67.2 Å². The Morgan fingerprint density at radius 2 is 1.79 bits per heavy atom. The van der Waals surface area contributed by atoms with E-state index in [-0.39, 0.29) is 18.0 Å².